The standard InChI is InChI=1S/C17H26N2O.ClH/c1-12(2)13-7-9-15(10-8-13)19(3)17(20)11-14-5-4-6-16(14)18;/h7-10,12,14,16H,4-6,11,18H2,1-3H3;1H/t14-,16+;/m0./s1. The first-order chi connectivity index (χ1) is 9.49. The third-order valence-electron chi connectivity index (χ3n) is 4.48. The number of nitrogens with zero attached hydrogens (tertiary/aromatic N) is 1. The molecule has 0 saturated heterocycles. The number of carbonyl (C=O) groups is 1. The van der Waals surface area contributed by atoms with Crippen LogP contribution in [0.5, 0.6) is 0 Å². The fourth-order valence-corrected chi connectivity index (χ4v) is 2.91. The van der Waals surface area contributed by atoms with Gasteiger partial charge in [-0.3, -0.25) is 4.79 Å². The molecule has 0 unspecified atom stereocenters. The Morgan fingerprint density at radius 3 is 2.38 bits per heavy atom. The predicted octanol–water partition coefficient (Wildman–Crippen LogP) is 3.71. The highest BCUT2D eigenvalue weighted by atomic mass is 35.5. The van der Waals surface area contributed by atoms with Gasteiger partial charge in [0.2, 0.25) is 5.91 Å². The summed E-state index contributed by atoms with van der Waals surface area (Å²) in [5, 5.41) is 0. The summed E-state index contributed by atoms with van der Waals surface area (Å²) in [6.45, 7) is 4.34. The molecule has 0 aliphatic heterocycles. The first kappa shape index (κ1) is 18.0. The topological polar surface area (TPSA) is 46.3 Å². The van der Waals surface area contributed by atoms with Crippen molar-refractivity contribution in [2.75, 3.05) is 11.9 Å². The van der Waals surface area contributed by atoms with Crippen LogP contribution in [0.3, 0.4) is 0 Å². The van der Waals surface area contributed by atoms with Crippen molar-refractivity contribution < 1.29 is 4.79 Å². The molecule has 2 N–H and O–H groups in total. The summed E-state index contributed by atoms with van der Waals surface area (Å²) in [5.41, 5.74) is 8.31. The Morgan fingerprint density at radius 1 is 1.29 bits per heavy atom. The average molecular weight is 311 g/mol. The second-order valence-electron chi connectivity index (χ2n) is 6.26. The van der Waals surface area contributed by atoms with Crippen molar-refractivity contribution in [1.29, 1.82) is 0 Å². The van der Waals surface area contributed by atoms with E-state index in [1.807, 2.05) is 19.2 Å². The van der Waals surface area contributed by atoms with Crippen LogP contribution in [0.1, 0.15) is 51.0 Å². The highest BCUT2D eigenvalue weighted by molar-refractivity contribution is 5.93. The van der Waals surface area contributed by atoms with Crippen molar-refractivity contribution in [3.8, 4) is 0 Å². The number of rotatable bonds is 4. The number of amides is 1. The van der Waals surface area contributed by atoms with Crippen molar-refractivity contribution in [3.05, 3.63) is 29.8 Å². The molecule has 1 aliphatic carbocycles. The van der Waals surface area contributed by atoms with Gasteiger partial charge in [0, 0.05) is 25.2 Å². The van der Waals surface area contributed by atoms with Gasteiger partial charge in [-0.1, -0.05) is 32.4 Å². The molecule has 0 heterocycles. The second-order valence-corrected chi connectivity index (χ2v) is 6.26. The maximum Gasteiger partial charge on any atom is 0.227 e. The molecule has 1 fully saturated rings. The molecule has 3 nitrogen and oxygen atoms in total. The zero-order valence-corrected chi connectivity index (χ0v) is 14.0. The van der Waals surface area contributed by atoms with Gasteiger partial charge in [-0.05, 0) is 42.4 Å². The summed E-state index contributed by atoms with van der Waals surface area (Å²) in [4.78, 5) is 14.1. The summed E-state index contributed by atoms with van der Waals surface area (Å²) in [6, 6.07) is 8.47. The van der Waals surface area contributed by atoms with E-state index >= 15 is 0 Å². The maximum absolute atomic E-state index is 12.3. The van der Waals surface area contributed by atoms with Gasteiger partial charge in [0.05, 0.1) is 0 Å². The monoisotopic (exact) mass is 310 g/mol. The molecule has 0 aromatic heterocycles. The Kier molecular flexibility index (Phi) is 6.69. The lowest BCUT2D eigenvalue weighted by atomic mass is 9.99. The molecule has 2 atom stereocenters. The van der Waals surface area contributed by atoms with E-state index in [1.165, 1.54) is 5.56 Å². The molecule has 1 saturated carbocycles. The summed E-state index contributed by atoms with van der Waals surface area (Å²) < 4.78 is 0. The highest BCUT2D eigenvalue weighted by Gasteiger charge is 2.27. The maximum atomic E-state index is 12.3. The third kappa shape index (κ3) is 4.45. The number of carbonyl (C=O) groups excluding carboxylic acids is 1. The summed E-state index contributed by atoms with van der Waals surface area (Å²) >= 11 is 0. The SMILES string of the molecule is CC(C)c1ccc(N(C)C(=O)C[C@@H]2CCC[C@H]2N)cc1.Cl. The van der Waals surface area contributed by atoms with E-state index in [9.17, 15) is 4.79 Å². The third-order valence-corrected chi connectivity index (χ3v) is 4.48. The first-order valence-corrected chi connectivity index (χ1v) is 7.61. The minimum absolute atomic E-state index is 0. The van der Waals surface area contributed by atoms with Crippen LogP contribution in [-0.2, 0) is 4.79 Å². The van der Waals surface area contributed by atoms with E-state index in [-0.39, 0.29) is 24.4 Å². The Morgan fingerprint density at radius 2 is 1.90 bits per heavy atom. The minimum atomic E-state index is 0. The van der Waals surface area contributed by atoms with Crippen LogP contribution in [0.4, 0.5) is 5.69 Å². The van der Waals surface area contributed by atoms with Gasteiger partial charge in [-0.25, -0.2) is 0 Å². The summed E-state index contributed by atoms with van der Waals surface area (Å²) in [7, 11) is 1.85. The van der Waals surface area contributed by atoms with Gasteiger partial charge in [0.1, 0.15) is 0 Å². The van der Waals surface area contributed by atoms with Crippen LogP contribution in [0.25, 0.3) is 0 Å². The van der Waals surface area contributed by atoms with Crippen LogP contribution in [0.15, 0.2) is 24.3 Å². The molecular weight excluding hydrogens is 284 g/mol. The van der Waals surface area contributed by atoms with E-state index in [1.54, 1.807) is 4.90 Å². The van der Waals surface area contributed by atoms with Crippen molar-refractivity contribution in [2.24, 2.45) is 11.7 Å². The first-order valence-electron chi connectivity index (χ1n) is 7.61. The van der Waals surface area contributed by atoms with E-state index in [4.69, 9.17) is 5.73 Å². The normalized spacial score (nSPS) is 21.2. The Labute approximate surface area is 134 Å². The largest absolute Gasteiger partial charge is 0.327 e. The van der Waals surface area contributed by atoms with E-state index in [0.717, 1.165) is 24.9 Å². The molecule has 4 heteroatoms. The van der Waals surface area contributed by atoms with Crippen LogP contribution in [-0.4, -0.2) is 19.0 Å². The van der Waals surface area contributed by atoms with Gasteiger partial charge in [-0.15, -0.1) is 12.4 Å². The van der Waals surface area contributed by atoms with Gasteiger partial charge < -0.3 is 10.6 Å². The molecule has 0 spiro atoms. The Balaban J connectivity index is 0.00000220. The van der Waals surface area contributed by atoms with E-state index < -0.39 is 0 Å². The second kappa shape index (κ2) is 7.81. The van der Waals surface area contributed by atoms with Crippen LogP contribution < -0.4 is 10.6 Å². The summed E-state index contributed by atoms with van der Waals surface area (Å²) in [6.07, 6.45) is 3.88. The number of hydrogen-bond donors (Lipinski definition) is 1. The van der Waals surface area contributed by atoms with Crippen molar-refractivity contribution in [2.45, 2.75) is 51.5 Å². The molecule has 1 aromatic carbocycles. The number of hydrogen-bond acceptors (Lipinski definition) is 2. The van der Waals surface area contributed by atoms with Gasteiger partial charge >= 0.3 is 0 Å². The lowest BCUT2D eigenvalue weighted by Crippen LogP contribution is -2.32. The van der Waals surface area contributed by atoms with Gasteiger partial charge in [0.15, 0.2) is 0 Å². The fraction of sp³-hybridized carbons (Fsp3) is 0.588. The summed E-state index contributed by atoms with van der Waals surface area (Å²) in [5.74, 6) is 1.05. The zero-order valence-electron chi connectivity index (χ0n) is 13.2. The van der Waals surface area contributed by atoms with Crippen molar-refractivity contribution in [1.82, 2.24) is 0 Å². The highest BCUT2D eigenvalue weighted by Crippen LogP contribution is 2.28. The van der Waals surface area contributed by atoms with E-state index in [2.05, 4.69) is 26.0 Å². The lowest BCUT2D eigenvalue weighted by Gasteiger charge is -2.21. The number of halogens is 1. The van der Waals surface area contributed by atoms with Crippen LogP contribution in [0.2, 0.25) is 0 Å². The van der Waals surface area contributed by atoms with Crippen molar-refractivity contribution in [3.63, 3.8) is 0 Å². The number of anilines is 1. The fourth-order valence-electron chi connectivity index (χ4n) is 2.91. The molecule has 0 radical (unpaired) electrons. The Bertz CT molecular complexity index is 458. The average Bonchev–Trinajstić information content (AvgIpc) is 2.83. The molecular formula is C17H27ClN2O. The molecule has 21 heavy (non-hydrogen) atoms. The molecule has 1 amide bonds. The quantitative estimate of drug-likeness (QED) is 0.921. The van der Waals surface area contributed by atoms with E-state index in [0.29, 0.717) is 18.3 Å². The molecule has 2 rings (SSSR count). The molecule has 1 aliphatic rings. The van der Waals surface area contributed by atoms with Gasteiger partial charge in [-0.2, -0.15) is 0 Å². The molecule has 0 bridgehead atoms. The van der Waals surface area contributed by atoms with Crippen LogP contribution >= 0.6 is 12.4 Å². The van der Waals surface area contributed by atoms with Crippen LogP contribution in [0, 0.1) is 5.92 Å². The molecule has 1 aromatic rings. The number of nitrogens with two attached hydrogens (primary N) is 1. The molecule has 118 valence electrons. The number of benzene rings is 1. The lowest BCUT2D eigenvalue weighted by molar-refractivity contribution is -0.119. The Hall–Kier alpha value is -1.06. The van der Waals surface area contributed by atoms with Crippen molar-refractivity contribution >= 4 is 24.0 Å². The zero-order chi connectivity index (χ0) is 14.7. The van der Waals surface area contributed by atoms with Gasteiger partial charge in [0.25, 0.3) is 0 Å². The minimum Gasteiger partial charge on any atom is -0.327 e. The smallest absolute Gasteiger partial charge is 0.227 e. The predicted molar refractivity (Wildman–Crippen MR) is 91.1 cm³/mol.